The largest absolute Gasteiger partial charge is 0.324 e. The number of hydrogen-bond acceptors (Lipinski definition) is 3. The van der Waals surface area contributed by atoms with Crippen molar-refractivity contribution < 1.29 is 4.79 Å². The molecule has 3 rings (SSSR count). The van der Waals surface area contributed by atoms with Gasteiger partial charge in [0.25, 0.3) is 5.56 Å². The second kappa shape index (κ2) is 6.59. The van der Waals surface area contributed by atoms with Gasteiger partial charge in [0.2, 0.25) is 5.91 Å². The highest BCUT2D eigenvalue weighted by molar-refractivity contribution is 5.91. The predicted molar refractivity (Wildman–Crippen MR) is 94.2 cm³/mol. The first-order chi connectivity index (χ1) is 11.4. The van der Waals surface area contributed by atoms with E-state index in [1.165, 1.54) is 4.68 Å². The topological polar surface area (TPSA) is 64.0 Å². The molecule has 126 valence electrons. The highest BCUT2D eigenvalue weighted by Crippen LogP contribution is 2.22. The minimum atomic E-state index is -0.235. The van der Waals surface area contributed by atoms with Gasteiger partial charge in [0.1, 0.15) is 6.54 Å². The number of nitrogens with one attached hydrogen (secondary N) is 1. The molecule has 5 heteroatoms. The lowest BCUT2D eigenvalue weighted by atomic mass is 9.88. The Hall–Kier alpha value is -2.43. The summed E-state index contributed by atoms with van der Waals surface area (Å²) in [6, 6.07) is 7.49. The lowest BCUT2D eigenvalue weighted by Gasteiger charge is -2.20. The van der Waals surface area contributed by atoms with E-state index in [9.17, 15) is 9.59 Å². The molecule has 2 aromatic rings. The highest BCUT2D eigenvalue weighted by atomic mass is 16.2. The lowest BCUT2D eigenvalue weighted by molar-refractivity contribution is -0.117. The molecule has 1 aliphatic carbocycles. The number of amides is 1. The van der Waals surface area contributed by atoms with E-state index in [2.05, 4.69) is 17.3 Å². The molecule has 1 aliphatic rings. The quantitative estimate of drug-likeness (QED) is 0.943. The second-order valence-electron chi connectivity index (χ2n) is 6.83. The number of anilines is 1. The Morgan fingerprint density at radius 3 is 2.88 bits per heavy atom. The summed E-state index contributed by atoms with van der Waals surface area (Å²) >= 11 is 0. The summed E-state index contributed by atoms with van der Waals surface area (Å²) in [7, 11) is 0. The Morgan fingerprint density at radius 2 is 2.12 bits per heavy atom. The van der Waals surface area contributed by atoms with E-state index in [0.717, 1.165) is 47.3 Å². The lowest BCUT2D eigenvalue weighted by Crippen LogP contribution is -2.32. The molecule has 1 atom stereocenters. The van der Waals surface area contributed by atoms with Gasteiger partial charge in [-0.3, -0.25) is 9.59 Å². The molecule has 24 heavy (non-hydrogen) atoms. The number of nitrogens with zero attached hydrogens (tertiary/aromatic N) is 2. The number of carbonyl (C=O) groups is 1. The Morgan fingerprint density at radius 1 is 1.33 bits per heavy atom. The Labute approximate surface area is 141 Å². The molecular formula is C19H23N3O2. The van der Waals surface area contributed by atoms with Gasteiger partial charge in [0.15, 0.2) is 0 Å². The maximum absolute atomic E-state index is 12.3. The van der Waals surface area contributed by atoms with Crippen LogP contribution in [0.1, 0.15) is 35.7 Å². The van der Waals surface area contributed by atoms with Gasteiger partial charge < -0.3 is 5.32 Å². The average molecular weight is 325 g/mol. The predicted octanol–water partition coefficient (Wildman–Crippen LogP) is 2.62. The van der Waals surface area contributed by atoms with Gasteiger partial charge in [0.05, 0.1) is 5.69 Å². The zero-order valence-corrected chi connectivity index (χ0v) is 14.4. The van der Waals surface area contributed by atoms with Gasteiger partial charge in [-0.1, -0.05) is 24.6 Å². The van der Waals surface area contributed by atoms with Crippen molar-refractivity contribution in [2.24, 2.45) is 5.92 Å². The Bertz CT molecular complexity index is 839. The van der Waals surface area contributed by atoms with Crippen molar-refractivity contribution in [3.05, 3.63) is 57.0 Å². The maximum Gasteiger partial charge on any atom is 0.267 e. The third kappa shape index (κ3) is 3.55. The second-order valence-corrected chi connectivity index (χ2v) is 6.83. The number of aryl methyl sites for hydroxylation is 3. The summed E-state index contributed by atoms with van der Waals surface area (Å²) in [6.07, 6.45) is 2.84. The molecule has 1 heterocycles. The van der Waals surface area contributed by atoms with Crippen LogP contribution in [0.15, 0.2) is 29.1 Å². The van der Waals surface area contributed by atoms with Crippen LogP contribution in [0.5, 0.6) is 0 Å². The van der Waals surface area contributed by atoms with Crippen molar-refractivity contribution in [1.82, 2.24) is 9.78 Å². The summed E-state index contributed by atoms with van der Waals surface area (Å²) in [5.41, 5.74) is 4.69. The van der Waals surface area contributed by atoms with Crippen molar-refractivity contribution in [3.63, 3.8) is 0 Å². The fourth-order valence-corrected chi connectivity index (χ4v) is 3.21. The number of fused-ring (bicyclic) bond motifs is 1. The minimum absolute atomic E-state index is 0.0605. The number of carbonyl (C=O) groups excluding carboxylic acids is 1. The molecule has 1 N–H and O–H groups in total. The van der Waals surface area contributed by atoms with Gasteiger partial charge in [0, 0.05) is 11.8 Å². The van der Waals surface area contributed by atoms with Crippen molar-refractivity contribution in [3.8, 4) is 0 Å². The highest BCUT2D eigenvalue weighted by Gasteiger charge is 2.19. The van der Waals surface area contributed by atoms with Crippen LogP contribution in [-0.4, -0.2) is 15.7 Å². The molecule has 1 amide bonds. The number of aromatic nitrogens is 2. The van der Waals surface area contributed by atoms with E-state index in [1.807, 2.05) is 32.0 Å². The van der Waals surface area contributed by atoms with Crippen molar-refractivity contribution >= 4 is 11.6 Å². The summed E-state index contributed by atoms with van der Waals surface area (Å²) in [5.74, 6) is 0.350. The summed E-state index contributed by atoms with van der Waals surface area (Å²) < 4.78 is 1.27. The van der Waals surface area contributed by atoms with Crippen LogP contribution in [0.2, 0.25) is 0 Å². The van der Waals surface area contributed by atoms with Gasteiger partial charge >= 0.3 is 0 Å². The zero-order valence-electron chi connectivity index (χ0n) is 14.4. The first kappa shape index (κ1) is 16.4. The minimum Gasteiger partial charge on any atom is -0.324 e. The van der Waals surface area contributed by atoms with Crippen LogP contribution >= 0.6 is 0 Å². The van der Waals surface area contributed by atoms with Gasteiger partial charge in [-0.2, -0.15) is 5.10 Å². The molecule has 0 spiro atoms. The average Bonchev–Trinajstić information content (AvgIpc) is 2.51. The molecule has 0 fully saturated rings. The number of hydrogen-bond donors (Lipinski definition) is 1. The van der Waals surface area contributed by atoms with E-state index in [0.29, 0.717) is 5.92 Å². The first-order valence-electron chi connectivity index (χ1n) is 8.39. The van der Waals surface area contributed by atoms with Crippen molar-refractivity contribution in [2.45, 2.75) is 46.6 Å². The smallest absolute Gasteiger partial charge is 0.267 e. The van der Waals surface area contributed by atoms with Crippen LogP contribution in [0.25, 0.3) is 0 Å². The third-order valence-electron chi connectivity index (χ3n) is 4.56. The molecule has 0 bridgehead atoms. The van der Waals surface area contributed by atoms with E-state index in [-0.39, 0.29) is 18.0 Å². The zero-order chi connectivity index (χ0) is 17.3. The van der Waals surface area contributed by atoms with E-state index >= 15 is 0 Å². The molecule has 5 nitrogen and oxygen atoms in total. The molecule has 1 aromatic carbocycles. The Kier molecular flexibility index (Phi) is 4.51. The van der Waals surface area contributed by atoms with E-state index < -0.39 is 0 Å². The molecule has 0 unspecified atom stereocenters. The SMILES string of the molecule is Cc1ccc(NC(=O)Cn2nc3c(cc2=O)C[C@H](C)CC3)c(C)c1. The van der Waals surface area contributed by atoms with Crippen LogP contribution in [0.3, 0.4) is 0 Å². The summed E-state index contributed by atoms with van der Waals surface area (Å²) in [6.45, 7) is 6.09. The van der Waals surface area contributed by atoms with Crippen molar-refractivity contribution in [1.29, 1.82) is 0 Å². The molecule has 0 radical (unpaired) electrons. The molecule has 0 saturated carbocycles. The molecule has 0 saturated heterocycles. The molecular weight excluding hydrogens is 302 g/mol. The molecule has 1 aromatic heterocycles. The fourth-order valence-electron chi connectivity index (χ4n) is 3.21. The van der Waals surface area contributed by atoms with Crippen LogP contribution in [0.4, 0.5) is 5.69 Å². The van der Waals surface area contributed by atoms with Crippen LogP contribution in [0, 0.1) is 19.8 Å². The van der Waals surface area contributed by atoms with Crippen molar-refractivity contribution in [2.75, 3.05) is 5.32 Å². The van der Waals surface area contributed by atoms with Crippen LogP contribution < -0.4 is 10.9 Å². The standard InChI is InChI=1S/C19H23N3O2/c1-12-4-6-16(14(3)8-12)20-18(23)11-22-19(24)10-15-9-13(2)5-7-17(15)21-22/h4,6,8,10,13H,5,7,9,11H2,1-3H3,(H,20,23)/t13-/m1/s1. The summed E-state index contributed by atoms with van der Waals surface area (Å²) in [4.78, 5) is 24.5. The number of benzene rings is 1. The first-order valence-corrected chi connectivity index (χ1v) is 8.39. The van der Waals surface area contributed by atoms with Gasteiger partial charge in [-0.15, -0.1) is 0 Å². The van der Waals surface area contributed by atoms with E-state index in [1.54, 1.807) is 6.07 Å². The summed E-state index contributed by atoms with van der Waals surface area (Å²) in [5, 5.41) is 7.27. The fraction of sp³-hybridized carbons (Fsp3) is 0.421. The monoisotopic (exact) mass is 325 g/mol. The van der Waals surface area contributed by atoms with E-state index in [4.69, 9.17) is 0 Å². The maximum atomic E-state index is 12.3. The van der Waals surface area contributed by atoms with Crippen LogP contribution in [-0.2, 0) is 24.2 Å². The molecule has 0 aliphatic heterocycles. The van der Waals surface area contributed by atoms with Gasteiger partial charge in [-0.25, -0.2) is 4.68 Å². The normalized spacial score (nSPS) is 16.5. The third-order valence-corrected chi connectivity index (χ3v) is 4.56. The van der Waals surface area contributed by atoms with Gasteiger partial charge in [-0.05, 0) is 56.2 Å². The number of rotatable bonds is 3. The Balaban J connectivity index is 1.76.